The predicted molar refractivity (Wildman–Crippen MR) is 103 cm³/mol. The van der Waals surface area contributed by atoms with Crippen molar-refractivity contribution in [3.05, 3.63) is 66.0 Å². The van der Waals surface area contributed by atoms with Gasteiger partial charge in [-0.15, -0.1) is 0 Å². The topological polar surface area (TPSA) is 53.5 Å². The summed E-state index contributed by atoms with van der Waals surface area (Å²) >= 11 is 0. The molecule has 2 amide bonds. The molecule has 0 aliphatic carbocycles. The molecule has 0 spiro atoms. The summed E-state index contributed by atoms with van der Waals surface area (Å²) in [6.07, 6.45) is 3.91. The second-order valence-electron chi connectivity index (χ2n) is 7.59. The average Bonchev–Trinajstić information content (AvgIpc) is 2.99. The van der Waals surface area contributed by atoms with Crippen LogP contribution in [-0.4, -0.2) is 45.7 Å². The van der Waals surface area contributed by atoms with Crippen LogP contribution in [0, 0.1) is 0 Å². The number of fused-ring (bicyclic) bond motifs is 1. The van der Waals surface area contributed by atoms with E-state index in [9.17, 15) is 9.59 Å². The quantitative estimate of drug-likeness (QED) is 0.843. The highest BCUT2D eigenvalue weighted by molar-refractivity contribution is 5.80. The standard InChI is InChI=1S/C22H25N3O2/c1-17(26)25-14-11-22(18-7-3-2-4-8-18)10-13-24(21(27)15-20(22)25)16-19-9-5-6-12-23-19/h2-9,12,20H,10-11,13-16H2,1H3/t20-,22-/m0/s1. The summed E-state index contributed by atoms with van der Waals surface area (Å²) in [7, 11) is 0. The fourth-order valence-corrected chi connectivity index (χ4v) is 4.77. The lowest BCUT2D eigenvalue weighted by Crippen LogP contribution is -2.45. The van der Waals surface area contributed by atoms with Gasteiger partial charge in [-0.2, -0.15) is 0 Å². The zero-order chi connectivity index (χ0) is 18.9. The number of aromatic nitrogens is 1. The minimum absolute atomic E-state index is 0.0591. The zero-order valence-corrected chi connectivity index (χ0v) is 15.7. The van der Waals surface area contributed by atoms with Crippen LogP contribution < -0.4 is 0 Å². The molecule has 2 aliphatic heterocycles. The largest absolute Gasteiger partial charge is 0.339 e. The number of carbonyl (C=O) groups excluding carboxylic acids is 2. The van der Waals surface area contributed by atoms with Crippen LogP contribution in [0.1, 0.15) is 37.4 Å². The van der Waals surface area contributed by atoms with E-state index in [1.54, 1.807) is 13.1 Å². The van der Waals surface area contributed by atoms with Crippen molar-refractivity contribution in [2.75, 3.05) is 13.1 Å². The Bertz CT molecular complexity index is 824. The lowest BCUT2D eigenvalue weighted by Gasteiger charge is -2.36. The van der Waals surface area contributed by atoms with Crippen LogP contribution in [-0.2, 0) is 21.5 Å². The normalized spacial score (nSPS) is 25.2. The molecule has 0 unspecified atom stereocenters. The van der Waals surface area contributed by atoms with Crippen molar-refractivity contribution in [1.29, 1.82) is 0 Å². The molecule has 5 nitrogen and oxygen atoms in total. The van der Waals surface area contributed by atoms with Crippen LogP contribution in [0.5, 0.6) is 0 Å². The van der Waals surface area contributed by atoms with Gasteiger partial charge in [-0.25, -0.2) is 0 Å². The van der Waals surface area contributed by atoms with Crippen molar-refractivity contribution >= 4 is 11.8 Å². The Balaban J connectivity index is 1.66. The van der Waals surface area contributed by atoms with Crippen molar-refractivity contribution in [2.24, 2.45) is 0 Å². The van der Waals surface area contributed by atoms with Gasteiger partial charge in [0.15, 0.2) is 0 Å². The Hall–Kier alpha value is -2.69. The Morgan fingerprint density at radius 2 is 1.85 bits per heavy atom. The highest BCUT2D eigenvalue weighted by atomic mass is 16.2. The molecule has 0 N–H and O–H groups in total. The number of hydrogen-bond acceptors (Lipinski definition) is 3. The van der Waals surface area contributed by atoms with E-state index >= 15 is 0 Å². The molecule has 4 rings (SSSR count). The summed E-state index contributed by atoms with van der Waals surface area (Å²) in [6, 6.07) is 16.1. The van der Waals surface area contributed by atoms with Gasteiger partial charge >= 0.3 is 0 Å². The fraction of sp³-hybridized carbons (Fsp3) is 0.409. The van der Waals surface area contributed by atoms with E-state index in [4.69, 9.17) is 0 Å². The lowest BCUT2D eigenvalue weighted by atomic mass is 9.71. The molecule has 27 heavy (non-hydrogen) atoms. The SMILES string of the molecule is CC(=O)N1CC[C@]2(c3ccccc3)CCN(Cc3ccccn3)C(=O)C[C@H]12. The third-order valence-electron chi connectivity index (χ3n) is 6.19. The third-order valence-corrected chi connectivity index (χ3v) is 6.19. The van der Waals surface area contributed by atoms with Gasteiger partial charge in [0.1, 0.15) is 0 Å². The van der Waals surface area contributed by atoms with Crippen LogP contribution >= 0.6 is 0 Å². The van der Waals surface area contributed by atoms with Gasteiger partial charge in [-0.1, -0.05) is 36.4 Å². The van der Waals surface area contributed by atoms with Gasteiger partial charge in [0.25, 0.3) is 0 Å². The first-order valence-corrected chi connectivity index (χ1v) is 9.60. The van der Waals surface area contributed by atoms with Gasteiger partial charge in [0.2, 0.25) is 11.8 Å². The summed E-state index contributed by atoms with van der Waals surface area (Å²) in [5.41, 5.74) is 1.99. The number of benzene rings is 1. The Morgan fingerprint density at radius 3 is 2.56 bits per heavy atom. The number of pyridine rings is 1. The number of carbonyl (C=O) groups is 2. The van der Waals surface area contributed by atoms with E-state index in [0.717, 1.165) is 25.1 Å². The first-order valence-electron chi connectivity index (χ1n) is 9.60. The molecule has 2 atom stereocenters. The maximum Gasteiger partial charge on any atom is 0.225 e. The fourth-order valence-electron chi connectivity index (χ4n) is 4.77. The molecule has 2 saturated heterocycles. The summed E-state index contributed by atoms with van der Waals surface area (Å²) in [5, 5.41) is 0. The Kier molecular flexibility index (Phi) is 4.68. The molecule has 1 aromatic carbocycles. The first-order chi connectivity index (χ1) is 13.1. The highest BCUT2D eigenvalue weighted by Crippen LogP contribution is 2.46. The van der Waals surface area contributed by atoms with Gasteiger partial charge in [0, 0.05) is 38.0 Å². The maximum atomic E-state index is 13.1. The van der Waals surface area contributed by atoms with Crippen molar-refractivity contribution < 1.29 is 9.59 Å². The highest BCUT2D eigenvalue weighted by Gasteiger charge is 2.51. The molecular weight excluding hydrogens is 338 g/mol. The molecule has 2 aliphatic rings. The van der Waals surface area contributed by atoms with Gasteiger partial charge in [-0.05, 0) is 30.5 Å². The molecular formula is C22H25N3O2. The second kappa shape index (κ2) is 7.14. The molecule has 1 aromatic heterocycles. The van der Waals surface area contributed by atoms with Gasteiger partial charge in [0.05, 0.1) is 18.3 Å². The number of amides is 2. The van der Waals surface area contributed by atoms with Crippen molar-refractivity contribution in [3.8, 4) is 0 Å². The lowest BCUT2D eigenvalue weighted by molar-refractivity contribution is -0.134. The molecule has 0 bridgehead atoms. The summed E-state index contributed by atoms with van der Waals surface area (Å²) in [6.45, 7) is 3.55. The van der Waals surface area contributed by atoms with Crippen LogP contribution in [0.3, 0.4) is 0 Å². The van der Waals surface area contributed by atoms with Crippen molar-refractivity contribution in [3.63, 3.8) is 0 Å². The number of nitrogens with zero attached hydrogens (tertiary/aromatic N) is 3. The third kappa shape index (κ3) is 3.22. The smallest absolute Gasteiger partial charge is 0.225 e. The Morgan fingerprint density at radius 1 is 1.11 bits per heavy atom. The first kappa shape index (κ1) is 17.7. The second-order valence-corrected chi connectivity index (χ2v) is 7.59. The monoisotopic (exact) mass is 363 g/mol. The van der Waals surface area contributed by atoms with Crippen LogP contribution in [0.2, 0.25) is 0 Å². The van der Waals surface area contributed by atoms with E-state index in [0.29, 0.717) is 19.5 Å². The van der Waals surface area contributed by atoms with Crippen molar-refractivity contribution in [1.82, 2.24) is 14.8 Å². The van der Waals surface area contributed by atoms with Crippen LogP contribution in [0.4, 0.5) is 0 Å². The molecule has 0 saturated carbocycles. The number of rotatable bonds is 3. The minimum atomic E-state index is -0.151. The predicted octanol–water partition coefficient (Wildman–Crippen LogP) is 2.76. The molecule has 5 heteroatoms. The summed E-state index contributed by atoms with van der Waals surface area (Å²) < 4.78 is 0. The zero-order valence-electron chi connectivity index (χ0n) is 15.7. The number of likely N-dealkylation sites (tertiary alicyclic amines) is 2. The van der Waals surface area contributed by atoms with E-state index < -0.39 is 0 Å². The molecule has 2 fully saturated rings. The Labute approximate surface area is 160 Å². The van der Waals surface area contributed by atoms with E-state index in [1.165, 1.54) is 5.56 Å². The van der Waals surface area contributed by atoms with Crippen LogP contribution in [0.25, 0.3) is 0 Å². The summed E-state index contributed by atoms with van der Waals surface area (Å²) in [4.78, 5) is 33.5. The van der Waals surface area contributed by atoms with E-state index in [-0.39, 0.29) is 23.3 Å². The van der Waals surface area contributed by atoms with Crippen LogP contribution in [0.15, 0.2) is 54.7 Å². The minimum Gasteiger partial charge on any atom is -0.339 e. The molecule has 2 aromatic rings. The summed E-state index contributed by atoms with van der Waals surface area (Å²) in [5.74, 6) is 0.167. The molecule has 0 radical (unpaired) electrons. The molecule has 140 valence electrons. The van der Waals surface area contributed by atoms with E-state index in [2.05, 4.69) is 29.2 Å². The molecule has 3 heterocycles. The van der Waals surface area contributed by atoms with Gasteiger partial charge in [-0.3, -0.25) is 14.6 Å². The average molecular weight is 363 g/mol. The van der Waals surface area contributed by atoms with Crippen molar-refractivity contribution in [2.45, 2.75) is 44.2 Å². The van der Waals surface area contributed by atoms with E-state index in [1.807, 2.05) is 34.1 Å². The maximum absolute atomic E-state index is 13.1. The number of hydrogen-bond donors (Lipinski definition) is 0. The van der Waals surface area contributed by atoms with Gasteiger partial charge < -0.3 is 9.80 Å².